The van der Waals surface area contributed by atoms with Crippen LogP contribution in [0.2, 0.25) is 0 Å². The highest BCUT2D eigenvalue weighted by Crippen LogP contribution is 2.04. The second-order valence-electron chi connectivity index (χ2n) is 4.78. The van der Waals surface area contributed by atoms with E-state index in [1.54, 1.807) is 0 Å². The van der Waals surface area contributed by atoms with Crippen LogP contribution in [0.4, 0.5) is 4.79 Å². The molecule has 0 aliphatic carbocycles. The highest BCUT2D eigenvalue weighted by Gasteiger charge is 2.26. The standard InChI is InChI=1S/C12H19N3O6/c16-9(17)5-1-3-8(11(19)20)15-12(21)14-7-4-2-6-13-10(7)18/h7-8H,1-6H2,(H,13,18)(H,16,17)(H,19,20)(H2,14,15,21)/t7?,8-/m1/s1. The molecule has 0 aromatic carbocycles. The lowest BCUT2D eigenvalue weighted by Crippen LogP contribution is -2.55. The van der Waals surface area contributed by atoms with Crippen molar-refractivity contribution in [1.82, 2.24) is 16.0 Å². The van der Waals surface area contributed by atoms with Crippen LogP contribution in [0, 0.1) is 0 Å². The third-order valence-electron chi connectivity index (χ3n) is 3.08. The van der Waals surface area contributed by atoms with Crippen LogP contribution in [0.25, 0.3) is 0 Å². The van der Waals surface area contributed by atoms with E-state index < -0.39 is 30.1 Å². The minimum Gasteiger partial charge on any atom is -0.481 e. The van der Waals surface area contributed by atoms with Crippen LogP contribution < -0.4 is 16.0 Å². The number of carboxylic acids is 2. The third kappa shape index (κ3) is 6.11. The molecule has 1 unspecified atom stereocenters. The van der Waals surface area contributed by atoms with Gasteiger partial charge in [0.25, 0.3) is 0 Å². The van der Waals surface area contributed by atoms with Crippen LogP contribution in [0.3, 0.4) is 0 Å². The number of amides is 3. The summed E-state index contributed by atoms with van der Waals surface area (Å²) in [7, 11) is 0. The minimum absolute atomic E-state index is 0.00587. The van der Waals surface area contributed by atoms with E-state index in [9.17, 15) is 19.2 Å². The smallest absolute Gasteiger partial charge is 0.326 e. The average molecular weight is 301 g/mol. The van der Waals surface area contributed by atoms with Crippen molar-refractivity contribution in [3.8, 4) is 0 Å². The Morgan fingerprint density at radius 2 is 2.05 bits per heavy atom. The molecule has 1 saturated heterocycles. The minimum atomic E-state index is -1.25. The van der Waals surface area contributed by atoms with E-state index in [1.807, 2.05) is 0 Å². The molecule has 21 heavy (non-hydrogen) atoms. The molecule has 0 aromatic rings. The van der Waals surface area contributed by atoms with Crippen molar-refractivity contribution in [2.24, 2.45) is 0 Å². The topological polar surface area (TPSA) is 145 Å². The van der Waals surface area contributed by atoms with Crippen molar-refractivity contribution in [2.45, 2.75) is 44.2 Å². The van der Waals surface area contributed by atoms with Gasteiger partial charge in [0.15, 0.2) is 0 Å². The Balaban J connectivity index is 2.42. The maximum absolute atomic E-state index is 11.7. The predicted molar refractivity (Wildman–Crippen MR) is 70.6 cm³/mol. The molecule has 0 aromatic heterocycles. The van der Waals surface area contributed by atoms with Crippen molar-refractivity contribution >= 4 is 23.9 Å². The molecular formula is C12H19N3O6. The quantitative estimate of drug-likeness (QED) is 0.419. The largest absolute Gasteiger partial charge is 0.481 e. The average Bonchev–Trinajstić information content (AvgIpc) is 2.39. The number of carbonyl (C=O) groups is 4. The van der Waals surface area contributed by atoms with Gasteiger partial charge in [-0.15, -0.1) is 0 Å². The summed E-state index contributed by atoms with van der Waals surface area (Å²) in [6, 6.07) is -2.61. The molecule has 1 rings (SSSR count). The number of carbonyl (C=O) groups excluding carboxylic acids is 2. The molecule has 2 atom stereocenters. The molecule has 0 saturated carbocycles. The first-order valence-electron chi connectivity index (χ1n) is 6.69. The first kappa shape index (κ1) is 16.7. The number of nitrogens with one attached hydrogen (secondary N) is 3. The number of hydrogen-bond donors (Lipinski definition) is 5. The highest BCUT2D eigenvalue weighted by molar-refractivity contribution is 5.89. The molecule has 118 valence electrons. The number of hydrogen-bond acceptors (Lipinski definition) is 4. The van der Waals surface area contributed by atoms with E-state index in [2.05, 4.69) is 16.0 Å². The van der Waals surface area contributed by atoms with Crippen molar-refractivity contribution in [1.29, 1.82) is 0 Å². The lowest BCUT2D eigenvalue weighted by Gasteiger charge is -2.24. The summed E-state index contributed by atoms with van der Waals surface area (Å²) >= 11 is 0. The van der Waals surface area contributed by atoms with E-state index in [0.29, 0.717) is 13.0 Å². The Kier molecular flexibility index (Phi) is 6.44. The van der Waals surface area contributed by atoms with Crippen LogP contribution >= 0.6 is 0 Å². The Bertz CT molecular complexity index is 425. The van der Waals surface area contributed by atoms with E-state index in [1.165, 1.54) is 0 Å². The van der Waals surface area contributed by atoms with Crippen LogP contribution in [-0.4, -0.2) is 52.7 Å². The zero-order chi connectivity index (χ0) is 15.8. The Labute approximate surface area is 121 Å². The van der Waals surface area contributed by atoms with Gasteiger partial charge in [0.2, 0.25) is 5.91 Å². The highest BCUT2D eigenvalue weighted by atomic mass is 16.4. The van der Waals surface area contributed by atoms with Crippen molar-refractivity contribution < 1.29 is 29.4 Å². The van der Waals surface area contributed by atoms with Gasteiger partial charge in [0.05, 0.1) is 0 Å². The van der Waals surface area contributed by atoms with Gasteiger partial charge in [-0.05, 0) is 25.7 Å². The van der Waals surface area contributed by atoms with Gasteiger partial charge < -0.3 is 26.2 Å². The zero-order valence-corrected chi connectivity index (χ0v) is 11.4. The molecule has 1 aliphatic rings. The lowest BCUT2D eigenvalue weighted by atomic mass is 10.1. The fraction of sp³-hybridized carbons (Fsp3) is 0.667. The molecular weight excluding hydrogens is 282 g/mol. The number of carboxylic acid groups (broad SMARTS) is 2. The zero-order valence-electron chi connectivity index (χ0n) is 11.4. The van der Waals surface area contributed by atoms with Gasteiger partial charge in [-0.1, -0.05) is 0 Å². The first-order valence-corrected chi connectivity index (χ1v) is 6.69. The van der Waals surface area contributed by atoms with Crippen LogP contribution in [0.1, 0.15) is 32.1 Å². The molecule has 3 amide bonds. The number of piperidine rings is 1. The van der Waals surface area contributed by atoms with E-state index in [0.717, 1.165) is 6.42 Å². The predicted octanol–water partition coefficient (Wildman–Crippen LogP) is -0.728. The molecule has 9 nitrogen and oxygen atoms in total. The molecule has 5 N–H and O–H groups in total. The lowest BCUT2D eigenvalue weighted by molar-refractivity contribution is -0.140. The van der Waals surface area contributed by atoms with Crippen molar-refractivity contribution in [2.75, 3.05) is 6.54 Å². The maximum Gasteiger partial charge on any atom is 0.326 e. The third-order valence-corrected chi connectivity index (χ3v) is 3.08. The summed E-state index contributed by atoms with van der Waals surface area (Å²) < 4.78 is 0. The molecule has 1 heterocycles. The molecule has 0 radical (unpaired) electrons. The van der Waals surface area contributed by atoms with E-state index in [-0.39, 0.29) is 25.2 Å². The number of urea groups is 1. The van der Waals surface area contributed by atoms with Gasteiger partial charge in [-0.2, -0.15) is 0 Å². The van der Waals surface area contributed by atoms with Crippen LogP contribution in [0.15, 0.2) is 0 Å². The van der Waals surface area contributed by atoms with Gasteiger partial charge >= 0.3 is 18.0 Å². The molecule has 1 fully saturated rings. The van der Waals surface area contributed by atoms with Crippen molar-refractivity contribution in [3.05, 3.63) is 0 Å². The first-order chi connectivity index (χ1) is 9.90. The summed E-state index contributed by atoms with van der Waals surface area (Å²) in [4.78, 5) is 44.5. The van der Waals surface area contributed by atoms with Gasteiger partial charge in [0, 0.05) is 13.0 Å². The number of aliphatic carboxylic acids is 2. The summed E-state index contributed by atoms with van der Waals surface area (Å²) in [5.74, 6) is -2.57. The molecule has 0 spiro atoms. The normalized spacial score (nSPS) is 19.2. The van der Waals surface area contributed by atoms with Gasteiger partial charge in [0.1, 0.15) is 12.1 Å². The summed E-state index contributed by atoms with van der Waals surface area (Å²) in [6.07, 6.45) is 1.20. The molecule has 9 heteroatoms. The fourth-order valence-electron chi connectivity index (χ4n) is 1.98. The maximum atomic E-state index is 11.7. The summed E-state index contributed by atoms with van der Waals surface area (Å²) in [5.41, 5.74) is 0. The Morgan fingerprint density at radius 1 is 1.33 bits per heavy atom. The fourth-order valence-corrected chi connectivity index (χ4v) is 1.98. The Morgan fingerprint density at radius 3 is 2.62 bits per heavy atom. The van der Waals surface area contributed by atoms with Crippen molar-refractivity contribution in [3.63, 3.8) is 0 Å². The van der Waals surface area contributed by atoms with Gasteiger partial charge in [-0.3, -0.25) is 9.59 Å². The van der Waals surface area contributed by atoms with Gasteiger partial charge in [-0.25, -0.2) is 9.59 Å². The monoisotopic (exact) mass is 301 g/mol. The summed E-state index contributed by atoms with van der Waals surface area (Å²) in [6.45, 7) is 0.561. The molecule has 0 bridgehead atoms. The SMILES string of the molecule is O=C(O)CCC[C@@H](NC(=O)NC1CCCNC1=O)C(=O)O. The number of rotatable bonds is 7. The molecule has 1 aliphatic heterocycles. The Hall–Kier alpha value is -2.32. The van der Waals surface area contributed by atoms with Crippen LogP contribution in [-0.2, 0) is 14.4 Å². The summed E-state index contributed by atoms with van der Waals surface area (Å²) in [5, 5.41) is 24.7. The van der Waals surface area contributed by atoms with E-state index >= 15 is 0 Å². The van der Waals surface area contributed by atoms with Crippen LogP contribution in [0.5, 0.6) is 0 Å². The van der Waals surface area contributed by atoms with E-state index in [4.69, 9.17) is 10.2 Å². The second kappa shape index (κ2) is 8.08. The second-order valence-corrected chi connectivity index (χ2v) is 4.78.